The standard InChI is InChI=1S/C11H13F4NO/c1-10(2,17)9(16)6-3-4-7(8(12)5-6)11(13,14)15/h3-5,9,17H,16H2,1-2H3. The summed E-state index contributed by atoms with van der Waals surface area (Å²) >= 11 is 0. The van der Waals surface area contributed by atoms with Gasteiger partial charge in [-0.3, -0.25) is 0 Å². The summed E-state index contributed by atoms with van der Waals surface area (Å²) in [4.78, 5) is 0. The lowest BCUT2D eigenvalue weighted by Gasteiger charge is -2.26. The smallest absolute Gasteiger partial charge is 0.388 e. The van der Waals surface area contributed by atoms with E-state index in [9.17, 15) is 22.7 Å². The van der Waals surface area contributed by atoms with Crippen molar-refractivity contribution in [3.8, 4) is 0 Å². The molecule has 0 saturated heterocycles. The molecular formula is C11H13F4NO. The Kier molecular flexibility index (Phi) is 3.50. The lowest BCUT2D eigenvalue weighted by Crippen LogP contribution is -2.35. The minimum atomic E-state index is -4.73. The summed E-state index contributed by atoms with van der Waals surface area (Å²) in [5.41, 5.74) is 3.03. The van der Waals surface area contributed by atoms with Gasteiger partial charge in [0, 0.05) is 0 Å². The first kappa shape index (κ1) is 13.9. The lowest BCUT2D eigenvalue weighted by molar-refractivity contribution is -0.140. The Morgan fingerprint density at radius 2 is 1.76 bits per heavy atom. The van der Waals surface area contributed by atoms with Crippen molar-refractivity contribution < 1.29 is 22.7 Å². The molecule has 0 aromatic heterocycles. The van der Waals surface area contributed by atoms with Crippen LogP contribution in [0.15, 0.2) is 18.2 Å². The number of hydrogen-bond donors (Lipinski definition) is 2. The number of nitrogens with two attached hydrogens (primary N) is 1. The van der Waals surface area contributed by atoms with Crippen molar-refractivity contribution in [2.24, 2.45) is 5.73 Å². The summed E-state index contributed by atoms with van der Waals surface area (Å²) in [6.45, 7) is 2.79. The van der Waals surface area contributed by atoms with Crippen molar-refractivity contribution in [1.29, 1.82) is 0 Å². The third kappa shape index (κ3) is 3.17. The van der Waals surface area contributed by atoms with Crippen LogP contribution in [0.5, 0.6) is 0 Å². The highest BCUT2D eigenvalue weighted by Gasteiger charge is 2.35. The molecule has 1 atom stereocenters. The van der Waals surface area contributed by atoms with E-state index < -0.39 is 29.2 Å². The van der Waals surface area contributed by atoms with E-state index in [4.69, 9.17) is 5.73 Å². The zero-order chi connectivity index (χ0) is 13.4. The van der Waals surface area contributed by atoms with Crippen molar-refractivity contribution in [2.45, 2.75) is 31.7 Å². The molecule has 0 saturated carbocycles. The normalized spacial score (nSPS) is 14.8. The van der Waals surface area contributed by atoms with E-state index in [-0.39, 0.29) is 5.56 Å². The molecule has 2 nitrogen and oxygen atoms in total. The number of benzene rings is 1. The maximum atomic E-state index is 13.2. The number of alkyl halides is 3. The van der Waals surface area contributed by atoms with E-state index in [0.29, 0.717) is 12.1 Å². The molecule has 0 aliphatic carbocycles. The fourth-order valence-electron chi connectivity index (χ4n) is 1.36. The largest absolute Gasteiger partial charge is 0.419 e. The van der Waals surface area contributed by atoms with Gasteiger partial charge in [0.2, 0.25) is 0 Å². The molecule has 1 unspecified atom stereocenters. The lowest BCUT2D eigenvalue weighted by atomic mass is 9.92. The van der Waals surface area contributed by atoms with E-state index >= 15 is 0 Å². The molecule has 96 valence electrons. The van der Waals surface area contributed by atoms with Gasteiger partial charge in [-0.2, -0.15) is 13.2 Å². The van der Waals surface area contributed by atoms with Crippen LogP contribution < -0.4 is 5.73 Å². The van der Waals surface area contributed by atoms with Gasteiger partial charge < -0.3 is 10.8 Å². The molecule has 1 rings (SSSR count). The molecule has 0 heterocycles. The average Bonchev–Trinajstić information content (AvgIpc) is 2.12. The molecule has 0 spiro atoms. The predicted molar refractivity (Wildman–Crippen MR) is 54.6 cm³/mol. The first-order chi connectivity index (χ1) is 7.53. The van der Waals surface area contributed by atoms with Crippen LogP contribution in [0.2, 0.25) is 0 Å². The second-order valence-corrected chi connectivity index (χ2v) is 4.37. The Hall–Kier alpha value is -1.14. The molecule has 0 aliphatic rings. The number of aliphatic hydroxyl groups is 1. The molecule has 0 amide bonds. The Morgan fingerprint density at radius 3 is 2.12 bits per heavy atom. The number of halogens is 4. The Bertz CT molecular complexity index is 409. The highest BCUT2D eigenvalue weighted by atomic mass is 19.4. The van der Waals surface area contributed by atoms with E-state index in [1.807, 2.05) is 0 Å². The summed E-state index contributed by atoms with van der Waals surface area (Å²) in [6, 6.07) is 1.43. The van der Waals surface area contributed by atoms with E-state index in [0.717, 1.165) is 6.07 Å². The summed E-state index contributed by atoms with van der Waals surface area (Å²) in [5, 5.41) is 9.59. The zero-order valence-electron chi connectivity index (χ0n) is 9.35. The van der Waals surface area contributed by atoms with Gasteiger partial charge in [-0.1, -0.05) is 6.07 Å². The van der Waals surface area contributed by atoms with Crippen LogP contribution in [0.4, 0.5) is 17.6 Å². The Balaban J connectivity index is 3.14. The van der Waals surface area contributed by atoms with Crippen LogP contribution in [0.3, 0.4) is 0 Å². The van der Waals surface area contributed by atoms with Crippen molar-refractivity contribution in [1.82, 2.24) is 0 Å². The average molecular weight is 251 g/mol. The van der Waals surface area contributed by atoms with Crippen LogP contribution in [0.1, 0.15) is 31.0 Å². The SMILES string of the molecule is CC(C)(O)C(N)c1ccc(C(F)(F)F)c(F)c1. The molecule has 0 radical (unpaired) electrons. The number of rotatable bonds is 2. The maximum Gasteiger partial charge on any atom is 0.419 e. The van der Waals surface area contributed by atoms with Crippen molar-refractivity contribution in [2.75, 3.05) is 0 Å². The third-order valence-corrected chi connectivity index (χ3v) is 2.42. The van der Waals surface area contributed by atoms with Gasteiger partial charge in [0.1, 0.15) is 5.82 Å². The Morgan fingerprint density at radius 1 is 1.24 bits per heavy atom. The molecule has 0 aliphatic heterocycles. The summed E-state index contributed by atoms with van der Waals surface area (Å²) in [5.74, 6) is -1.39. The van der Waals surface area contributed by atoms with Crippen LogP contribution in [-0.4, -0.2) is 10.7 Å². The van der Waals surface area contributed by atoms with Gasteiger partial charge >= 0.3 is 6.18 Å². The highest BCUT2D eigenvalue weighted by Crippen LogP contribution is 2.33. The quantitative estimate of drug-likeness (QED) is 0.794. The van der Waals surface area contributed by atoms with Gasteiger partial charge in [0.15, 0.2) is 0 Å². The van der Waals surface area contributed by atoms with Gasteiger partial charge in [-0.05, 0) is 31.5 Å². The van der Waals surface area contributed by atoms with Crippen LogP contribution >= 0.6 is 0 Å². The van der Waals surface area contributed by atoms with Gasteiger partial charge in [0.05, 0.1) is 17.2 Å². The topological polar surface area (TPSA) is 46.2 Å². The molecular weight excluding hydrogens is 238 g/mol. The molecule has 6 heteroatoms. The summed E-state index contributed by atoms with van der Waals surface area (Å²) < 4.78 is 50.1. The fourth-order valence-corrected chi connectivity index (χ4v) is 1.36. The molecule has 0 fully saturated rings. The van der Waals surface area contributed by atoms with Crippen LogP contribution in [-0.2, 0) is 6.18 Å². The van der Waals surface area contributed by atoms with Crippen LogP contribution in [0.25, 0.3) is 0 Å². The molecule has 3 N–H and O–H groups in total. The van der Waals surface area contributed by atoms with Crippen molar-refractivity contribution in [3.05, 3.63) is 35.1 Å². The number of hydrogen-bond acceptors (Lipinski definition) is 2. The Labute approximate surface area is 96.1 Å². The van der Waals surface area contributed by atoms with Crippen molar-refractivity contribution in [3.63, 3.8) is 0 Å². The maximum absolute atomic E-state index is 13.2. The summed E-state index contributed by atoms with van der Waals surface area (Å²) in [7, 11) is 0. The monoisotopic (exact) mass is 251 g/mol. The minimum Gasteiger partial charge on any atom is -0.388 e. The molecule has 1 aromatic rings. The second kappa shape index (κ2) is 4.27. The predicted octanol–water partition coefficient (Wildman–Crippen LogP) is 2.62. The third-order valence-electron chi connectivity index (χ3n) is 2.42. The second-order valence-electron chi connectivity index (χ2n) is 4.37. The van der Waals surface area contributed by atoms with Gasteiger partial charge in [-0.25, -0.2) is 4.39 Å². The van der Waals surface area contributed by atoms with E-state index in [1.165, 1.54) is 13.8 Å². The highest BCUT2D eigenvalue weighted by molar-refractivity contribution is 5.29. The molecule has 1 aromatic carbocycles. The fraction of sp³-hybridized carbons (Fsp3) is 0.455. The zero-order valence-corrected chi connectivity index (χ0v) is 9.35. The van der Waals surface area contributed by atoms with Gasteiger partial charge in [0.25, 0.3) is 0 Å². The molecule has 0 bridgehead atoms. The first-order valence-electron chi connectivity index (χ1n) is 4.88. The van der Waals surface area contributed by atoms with E-state index in [1.54, 1.807) is 0 Å². The summed E-state index contributed by atoms with van der Waals surface area (Å²) in [6.07, 6.45) is -4.73. The van der Waals surface area contributed by atoms with E-state index in [2.05, 4.69) is 0 Å². The van der Waals surface area contributed by atoms with Gasteiger partial charge in [-0.15, -0.1) is 0 Å². The molecule has 17 heavy (non-hydrogen) atoms. The minimum absolute atomic E-state index is 0.114. The van der Waals surface area contributed by atoms with Crippen LogP contribution in [0, 0.1) is 5.82 Å². The first-order valence-corrected chi connectivity index (χ1v) is 4.88. The van der Waals surface area contributed by atoms with Crippen molar-refractivity contribution >= 4 is 0 Å².